The molecule has 16 heavy (non-hydrogen) atoms. The van der Waals surface area contributed by atoms with Gasteiger partial charge in [-0.2, -0.15) is 0 Å². The summed E-state index contributed by atoms with van der Waals surface area (Å²) >= 11 is 0. The Hall–Kier alpha value is -0.930. The third kappa shape index (κ3) is 6.53. The van der Waals surface area contributed by atoms with Gasteiger partial charge < -0.3 is 10.2 Å². The molecular weight excluding hydrogens is 204 g/mol. The molecule has 3 nitrogen and oxygen atoms in total. The van der Waals surface area contributed by atoms with Crippen LogP contribution in [0.2, 0.25) is 0 Å². The SMILES string of the molecule is CC=CCCC(=O)C(O)C(O)CCC=CC. The molecule has 0 spiro atoms. The summed E-state index contributed by atoms with van der Waals surface area (Å²) in [7, 11) is 0. The van der Waals surface area contributed by atoms with Crippen molar-refractivity contribution in [1.82, 2.24) is 0 Å². The zero-order valence-electron chi connectivity index (χ0n) is 10.1. The number of hydrogen-bond acceptors (Lipinski definition) is 3. The van der Waals surface area contributed by atoms with Gasteiger partial charge in [0, 0.05) is 6.42 Å². The third-order valence-electron chi connectivity index (χ3n) is 2.35. The number of aliphatic hydroxyl groups is 2. The lowest BCUT2D eigenvalue weighted by Crippen LogP contribution is -2.33. The molecule has 2 N–H and O–H groups in total. The summed E-state index contributed by atoms with van der Waals surface area (Å²) in [6, 6.07) is 0. The van der Waals surface area contributed by atoms with Crippen LogP contribution in [-0.2, 0) is 4.79 Å². The van der Waals surface area contributed by atoms with E-state index in [0.29, 0.717) is 19.3 Å². The van der Waals surface area contributed by atoms with Gasteiger partial charge in [0.05, 0.1) is 6.10 Å². The quantitative estimate of drug-likeness (QED) is 0.622. The van der Waals surface area contributed by atoms with E-state index in [0.717, 1.165) is 0 Å². The second kappa shape index (κ2) is 9.31. The molecule has 0 amide bonds. The number of Topliss-reactive ketones (excluding diaryl/α,β-unsaturated/α-hetero) is 1. The van der Waals surface area contributed by atoms with Crippen LogP contribution < -0.4 is 0 Å². The molecule has 0 aromatic rings. The summed E-state index contributed by atoms with van der Waals surface area (Å²) in [5.74, 6) is -0.286. The molecule has 0 radical (unpaired) electrons. The Balaban J connectivity index is 3.90. The predicted octanol–water partition coefficient (Wildman–Crippen LogP) is 1.99. The van der Waals surface area contributed by atoms with E-state index in [-0.39, 0.29) is 12.2 Å². The minimum atomic E-state index is -1.24. The molecule has 2 atom stereocenters. The van der Waals surface area contributed by atoms with Gasteiger partial charge in [-0.15, -0.1) is 0 Å². The molecule has 0 bridgehead atoms. The second-order valence-electron chi connectivity index (χ2n) is 3.73. The van der Waals surface area contributed by atoms with Crippen molar-refractivity contribution in [3.8, 4) is 0 Å². The number of aliphatic hydroxyl groups excluding tert-OH is 2. The molecule has 3 heteroatoms. The van der Waals surface area contributed by atoms with Gasteiger partial charge >= 0.3 is 0 Å². The molecule has 0 aliphatic heterocycles. The maximum Gasteiger partial charge on any atom is 0.164 e. The lowest BCUT2D eigenvalue weighted by atomic mass is 10.0. The summed E-state index contributed by atoms with van der Waals surface area (Å²) in [5.41, 5.74) is 0. The van der Waals surface area contributed by atoms with Gasteiger partial charge in [0.15, 0.2) is 5.78 Å². The first-order valence-electron chi connectivity index (χ1n) is 5.74. The van der Waals surface area contributed by atoms with Crippen molar-refractivity contribution < 1.29 is 15.0 Å². The van der Waals surface area contributed by atoms with Crippen LogP contribution in [0.5, 0.6) is 0 Å². The number of hydrogen-bond donors (Lipinski definition) is 2. The van der Waals surface area contributed by atoms with E-state index < -0.39 is 12.2 Å². The average molecular weight is 226 g/mol. The lowest BCUT2D eigenvalue weighted by molar-refractivity contribution is -0.132. The molecule has 0 heterocycles. The number of carbonyl (C=O) groups is 1. The Labute approximate surface area is 97.5 Å². The molecule has 0 aliphatic rings. The maximum atomic E-state index is 11.4. The fourth-order valence-corrected chi connectivity index (χ4v) is 1.35. The highest BCUT2D eigenvalue weighted by atomic mass is 16.3. The molecule has 92 valence electrons. The van der Waals surface area contributed by atoms with Gasteiger partial charge in [0.2, 0.25) is 0 Å². The highest BCUT2D eigenvalue weighted by Gasteiger charge is 2.22. The highest BCUT2D eigenvalue weighted by molar-refractivity contribution is 5.83. The molecule has 2 unspecified atom stereocenters. The van der Waals surface area contributed by atoms with Crippen molar-refractivity contribution >= 4 is 5.78 Å². The first kappa shape index (κ1) is 15.1. The van der Waals surface area contributed by atoms with Crippen molar-refractivity contribution in [1.29, 1.82) is 0 Å². The Kier molecular flexibility index (Phi) is 8.77. The van der Waals surface area contributed by atoms with Crippen molar-refractivity contribution in [2.75, 3.05) is 0 Å². The van der Waals surface area contributed by atoms with Crippen molar-refractivity contribution in [3.63, 3.8) is 0 Å². The lowest BCUT2D eigenvalue weighted by Gasteiger charge is -2.15. The van der Waals surface area contributed by atoms with Gasteiger partial charge in [0.25, 0.3) is 0 Å². The summed E-state index contributed by atoms with van der Waals surface area (Å²) in [5, 5.41) is 19.1. The van der Waals surface area contributed by atoms with Gasteiger partial charge in [-0.1, -0.05) is 24.3 Å². The van der Waals surface area contributed by atoms with Crippen LogP contribution in [0.3, 0.4) is 0 Å². The molecule has 0 fully saturated rings. The molecule has 0 saturated heterocycles. The molecule has 0 saturated carbocycles. The van der Waals surface area contributed by atoms with Gasteiger partial charge in [0.1, 0.15) is 6.10 Å². The molecular formula is C13H22O3. The minimum absolute atomic E-state index is 0.284. The fourth-order valence-electron chi connectivity index (χ4n) is 1.35. The number of ketones is 1. The molecule has 0 aromatic carbocycles. The summed E-state index contributed by atoms with van der Waals surface area (Å²) in [4.78, 5) is 11.4. The minimum Gasteiger partial charge on any atom is -0.390 e. The third-order valence-corrected chi connectivity index (χ3v) is 2.35. The van der Waals surface area contributed by atoms with Crippen LogP contribution in [0, 0.1) is 0 Å². The van der Waals surface area contributed by atoms with Crippen LogP contribution in [0.15, 0.2) is 24.3 Å². The van der Waals surface area contributed by atoms with Crippen LogP contribution in [0.25, 0.3) is 0 Å². The van der Waals surface area contributed by atoms with Crippen molar-refractivity contribution in [2.45, 2.75) is 51.7 Å². The normalized spacial score (nSPS) is 15.8. The largest absolute Gasteiger partial charge is 0.390 e. The zero-order chi connectivity index (χ0) is 12.4. The van der Waals surface area contributed by atoms with Crippen LogP contribution in [-0.4, -0.2) is 28.2 Å². The van der Waals surface area contributed by atoms with Gasteiger partial charge in [-0.25, -0.2) is 0 Å². The van der Waals surface area contributed by atoms with Crippen LogP contribution in [0.4, 0.5) is 0 Å². The monoisotopic (exact) mass is 226 g/mol. The van der Waals surface area contributed by atoms with E-state index in [1.807, 2.05) is 38.2 Å². The molecule has 0 rings (SSSR count). The van der Waals surface area contributed by atoms with E-state index in [4.69, 9.17) is 0 Å². The number of allylic oxidation sites excluding steroid dienone is 4. The molecule has 0 aliphatic carbocycles. The number of carbonyl (C=O) groups excluding carboxylic acids is 1. The van der Waals surface area contributed by atoms with E-state index in [1.54, 1.807) is 0 Å². The highest BCUT2D eigenvalue weighted by Crippen LogP contribution is 2.07. The van der Waals surface area contributed by atoms with Crippen LogP contribution in [0.1, 0.15) is 39.5 Å². The number of rotatable bonds is 8. The van der Waals surface area contributed by atoms with Gasteiger partial charge in [-0.05, 0) is 33.1 Å². The molecule has 0 aromatic heterocycles. The van der Waals surface area contributed by atoms with Gasteiger partial charge in [-0.3, -0.25) is 4.79 Å². The smallest absolute Gasteiger partial charge is 0.164 e. The van der Waals surface area contributed by atoms with Crippen molar-refractivity contribution in [3.05, 3.63) is 24.3 Å². The Morgan fingerprint density at radius 2 is 1.69 bits per heavy atom. The first-order valence-corrected chi connectivity index (χ1v) is 5.74. The Morgan fingerprint density at radius 3 is 2.25 bits per heavy atom. The second-order valence-corrected chi connectivity index (χ2v) is 3.73. The average Bonchev–Trinajstić information content (AvgIpc) is 2.28. The Bertz CT molecular complexity index is 244. The fraction of sp³-hybridized carbons (Fsp3) is 0.615. The van der Waals surface area contributed by atoms with Crippen LogP contribution >= 0.6 is 0 Å². The topological polar surface area (TPSA) is 57.5 Å². The predicted molar refractivity (Wildman–Crippen MR) is 65.1 cm³/mol. The maximum absolute atomic E-state index is 11.4. The van der Waals surface area contributed by atoms with E-state index in [2.05, 4.69) is 0 Å². The van der Waals surface area contributed by atoms with Crippen molar-refractivity contribution in [2.24, 2.45) is 0 Å². The standard InChI is InChI=1S/C13H22O3/c1-3-5-7-9-11(14)13(16)12(15)10-8-6-4-2/h3-6,11,13-14,16H,7-10H2,1-2H3. The van der Waals surface area contributed by atoms with E-state index in [9.17, 15) is 15.0 Å². The zero-order valence-corrected chi connectivity index (χ0v) is 10.1. The first-order chi connectivity index (χ1) is 7.63. The summed E-state index contributed by atoms with van der Waals surface area (Å²) in [6.07, 6.45) is 7.33. The summed E-state index contributed by atoms with van der Waals surface area (Å²) < 4.78 is 0. The van der Waals surface area contributed by atoms with E-state index in [1.165, 1.54) is 0 Å². The summed E-state index contributed by atoms with van der Waals surface area (Å²) in [6.45, 7) is 3.78. The van der Waals surface area contributed by atoms with E-state index >= 15 is 0 Å². The Morgan fingerprint density at radius 1 is 1.12 bits per heavy atom.